The van der Waals surface area contributed by atoms with Crippen LogP contribution in [0.15, 0.2) is 65.8 Å². The van der Waals surface area contributed by atoms with Crippen LogP contribution < -0.4 is 10.0 Å². The molecule has 0 aliphatic heterocycles. The van der Waals surface area contributed by atoms with Crippen LogP contribution in [0.3, 0.4) is 0 Å². The average Bonchev–Trinajstić information content (AvgIpc) is 2.68. The lowest BCUT2D eigenvalue weighted by Crippen LogP contribution is -2.23. The van der Waals surface area contributed by atoms with Crippen LogP contribution in [0.1, 0.15) is 15.9 Å². The summed E-state index contributed by atoms with van der Waals surface area (Å²) in [6, 6.07) is 13.0. The summed E-state index contributed by atoms with van der Waals surface area (Å²) in [5.41, 5.74) is 2.50. The highest BCUT2D eigenvalue weighted by Crippen LogP contribution is 2.24. The monoisotopic (exact) mass is 383 g/mol. The van der Waals surface area contributed by atoms with Crippen molar-refractivity contribution in [1.29, 1.82) is 0 Å². The van der Waals surface area contributed by atoms with Crippen molar-refractivity contribution in [2.75, 3.05) is 7.05 Å². The third-order valence-corrected chi connectivity index (χ3v) is 4.59. The smallest absolute Gasteiger partial charge is 0.253 e. The van der Waals surface area contributed by atoms with Crippen LogP contribution in [0.4, 0.5) is 4.39 Å². The molecule has 0 fully saturated rings. The maximum absolute atomic E-state index is 13.1. The number of hydrogen-bond acceptors (Lipinski definition) is 5. The fourth-order valence-electron chi connectivity index (χ4n) is 2.52. The fourth-order valence-corrected chi connectivity index (χ4v) is 3.06. The third kappa shape index (κ3) is 4.84. The maximum atomic E-state index is 13.1. The summed E-state index contributed by atoms with van der Waals surface area (Å²) >= 11 is 1.39. The van der Waals surface area contributed by atoms with Gasteiger partial charge in [0.2, 0.25) is 0 Å². The Hall–Kier alpha value is -2.90. The molecule has 0 bridgehead atoms. The van der Waals surface area contributed by atoms with E-state index < -0.39 is 0 Å². The normalized spacial score (nSPS) is 10.6. The molecule has 138 valence electrons. The summed E-state index contributed by atoms with van der Waals surface area (Å²) in [6.07, 6.45) is 3.09. The predicted octanol–water partition coefficient (Wildman–Crippen LogP) is 3.75. The third-order valence-electron chi connectivity index (χ3n) is 3.89. The predicted molar refractivity (Wildman–Crippen MR) is 104 cm³/mol. The number of pyridine rings is 1. The number of nitrogens with one attached hydrogen (secondary N) is 2. The van der Waals surface area contributed by atoms with Gasteiger partial charge in [-0.3, -0.25) is 14.5 Å². The van der Waals surface area contributed by atoms with Crippen molar-refractivity contribution in [2.45, 2.75) is 11.4 Å². The first-order valence-corrected chi connectivity index (χ1v) is 9.03. The minimum absolute atomic E-state index is 0.119. The van der Waals surface area contributed by atoms with Crippen molar-refractivity contribution in [3.05, 3.63) is 77.9 Å². The number of amides is 1. The van der Waals surface area contributed by atoms with Gasteiger partial charge in [0.25, 0.3) is 5.91 Å². The number of rotatable bonds is 6. The zero-order valence-electron chi connectivity index (χ0n) is 14.6. The molecule has 3 N–H and O–H groups in total. The largest absolute Gasteiger partial charge is 0.508 e. The van der Waals surface area contributed by atoms with Gasteiger partial charge in [-0.2, -0.15) is 0 Å². The molecule has 1 aromatic heterocycles. The summed E-state index contributed by atoms with van der Waals surface area (Å²) in [5.74, 6) is -0.507. The van der Waals surface area contributed by atoms with Crippen molar-refractivity contribution in [3.63, 3.8) is 0 Å². The van der Waals surface area contributed by atoms with E-state index in [0.717, 1.165) is 16.0 Å². The fraction of sp³-hybridized carbons (Fsp3) is 0.100. The molecule has 0 unspecified atom stereocenters. The van der Waals surface area contributed by atoms with Gasteiger partial charge in [0.1, 0.15) is 11.6 Å². The second-order valence-electron chi connectivity index (χ2n) is 5.75. The first-order chi connectivity index (χ1) is 13.1. The van der Waals surface area contributed by atoms with Gasteiger partial charge in [0.15, 0.2) is 0 Å². The van der Waals surface area contributed by atoms with Crippen LogP contribution in [0.5, 0.6) is 5.75 Å². The van der Waals surface area contributed by atoms with Crippen LogP contribution in [-0.2, 0) is 6.54 Å². The van der Waals surface area contributed by atoms with E-state index in [4.69, 9.17) is 0 Å². The van der Waals surface area contributed by atoms with Gasteiger partial charge in [0.05, 0.1) is 5.56 Å². The van der Waals surface area contributed by atoms with Crippen molar-refractivity contribution in [1.82, 2.24) is 15.0 Å². The van der Waals surface area contributed by atoms with Crippen molar-refractivity contribution in [2.24, 2.45) is 0 Å². The van der Waals surface area contributed by atoms with E-state index in [1.54, 1.807) is 43.6 Å². The Labute approximate surface area is 160 Å². The second kappa shape index (κ2) is 8.66. The number of carbonyl (C=O) groups excluding carboxylic acids is 1. The number of hydrogen-bond donors (Lipinski definition) is 3. The number of phenols is 1. The molecule has 0 aliphatic rings. The van der Waals surface area contributed by atoms with E-state index in [-0.39, 0.29) is 24.0 Å². The summed E-state index contributed by atoms with van der Waals surface area (Å²) < 4.78 is 16.0. The SMILES string of the molecule is CNSc1ccc(CNC(=O)c2cncc(-c3ccc(F)cc3)c2)c(O)c1. The molecule has 27 heavy (non-hydrogen) atoms. The molecule has 5 nitrogen and oxygen atoms in total. The number of carbonyl (C=O) groups is 1. The molecule has 3 aromatic rings. The summed E-state index contributed by atoms with van der Waals surface area (Å²) in [4.78, 5) is 17.4. The molecule has 0 spiro atoms. The Morgan fingerprint density at radius 3 is 2.59 bits per heavy atom. The summed E-state index contributed by atoms with van der Waals surface area (Å²) in [5, 5.41) is 12.9. The molecule has 0 radical (unpaired) electrons. The van der Waals surface area contributed by atoms with Gasteiger partial charge < -0.3 is 10.4 Å². The van der Waals surface area contributed by atoms with E-state index in [1.807, 2.05) is 6.07 Å². The number of aromatic hydroxyl groups is 1. The number of phenolic OH excluding ortho intramolecular Hbond substituents is 1. The average molecular weight is 383 g/mol. The van der Waals surface area contributed by atoms with Gasteiger partial charge in [-0.25, -0.2) is 4.39 Å². The topological polar surface area (TPSA) is 74.2 Å². The highest BCUT2D eigenvalue weighted by atomic mass is 32.2. The van der Waals surface area contributed by atoms with Crippen molar-refractivity contribution in [3.8, 4) is 16.9 Å². The van der Waals surface area contributed by atoms with Crippen LogP contribution >= 0.6 is 11.9 Å². The van der Waals surface area contributed by atoms with Gasteiger partial charge in [0, 0.05) is 35.0 Å². The molecule has 0 aliphatic carbocycles. The summed E-state index contributed by atoms with van der Waals surface area (Å²) in [7, 11) is 1.80. The minimum Gasteiger partial charge on any atom is -0.508 e. The molecule has 1 amide bonds. The zero-order valence-corrected chi connectivity index (χ0v) is 15.4. The number of benzene rings is 2. The standard InChI is InChI=1S/C20H18FN3O2S/c1-22-27-18-7-4-14(19(25)9-18)12-24-20(26)16-8-15(10-23-11-16)13-2-5-17(21)6-3-13/h2-11,22,25H,12H2,1H3,(H,24,26). The zero-order chi connectivity index (χ0) is 19.2. The Kier molecular flexibility index (Phi) is 6.05. The van der Waals surface area contributed by atoms with E-state index in [1.165, 1.54) is 30.3 Å². The maximum Gasteiger partial charge on any atom is 0.253 e. The van der Waals surface area contributed by atoms with E-state index in [2.05, 4.69) is 15.0 Å². The first kappa shape index (κ1) is 18.9. The molecule has 0 atom stereocenters. The molecule has 7 heteroatoms. The molecule has 0 saturated carbocycles. The molecular weight excluding hydrogens is 365 g/mol. The van der Waals surface area contributed by atoms with Gasteiger partial charge in [-0.15, -0.1) is 0 Å². The molecule has 0 saturated heterocycles. The Bertz CT molecular complexity index is 948. The number of aromatic nitrogens is 1. The van der Waals surface area contributed by atoms with Crippen LogP contribution in [-0.4, -0.2) is 23.0 Å². The van der Waals surface area contributed by atoms with E-state index in [0.29, 0.717) is 11.1 Å². The lowest BCUT2D eigenvalue weighted by molar-refractivity contribution is 0.0950. The molecule has 3 rings (SSSR count). The number of nitrogens with zero attached hydrogens (tertiary/aromatic N) is 1. The van der Waals surface area contributed by atoms with Crippen LogP contribution in [0, 0.1) is 5.82 Å². The second-order valence-corrected chi connectivity index (χ2v) is 6.83. The van der Waals surface area contributed by atoms with Crippen molar-refractivity contribution >= 4 is 17.9 Å². The van der Waals surface area contributed by atoms with Gasteiger partial charge >= 0.3 is 0 Å². The van der Waals surface area contributed by atoms with E-state index >= 15 is 0 Å². The minimum atomic E-state index is -0.320. The van der Waals surface area contributed by atoms with Crippen molar-refractivity contribution < 1.29 is 14.3 Å². The molecular formula is C20H18FN3O2S. The quantitative estimate of drug-likeness (QED) is 0.566. The van der Waals surface area contributed by atoms with E-state index in [9.17, 15) is 14.3 Å². The molecule has 1 heterocycles. The van der Waals surface area contributed by atoms with Crippen LogP contribution in [0.2, 0.25) is 0 Å². The number of halogens is 1. The Balaban J connectivity index is 1.70. The van der Waals surface area contributed by atoms with Gasteiger partial charge in [-0.1, -0.05) is 18.2 Å². The lowest BCUT2D eigenvalue weighted by atomic mass is 10.1. The van der Waals surface area contributed by atoms with Crippen LogP contribution in [0.25, 0.3) is 11.1 Å². The van der Waals surface area contributed by atoms with Gasteiger partial charge in [-0.05, 0) is 54.9 Å². The Morgan fingerprint density at radius 1 is 1.11 bits per heavy atom. The highest BCUT2D eigenvalue weighted by molar-refractivity contribution is 7.97. The molecule has 2 aromatic carbocycles. The first-order valence-electron chi connectivity index (χ1n) is 8.21. The lowest BCUT2D eigenvalue weighted by Gasteiger charge is -2.09. The Morgan fingerprint density at radius 2 is 1.89 bits per heavy atom. The highest BCUT2D eigenvalue weighted by Gasteiger charge is 2.10. The summed E-state index contributed by atoms with van der Waals surface area (Å²) in [6.45, 7) is 0.190.